The minimum atomic E-state index is 0.381. The average Bonchev–Trinajstić information content (AvgIpc) is 2.50. The quantitative estimate of drug-likeness (QED) is 0.769. The monoisotopic (exact) mass is 272 g/mol. The third-order valence-electron chi connectivity index (χ3n) is 2.95. The van der Waals surface area contributed by atoms with Gasteiger partial charge in [-0.3, -0.25) is 4.68 Å². The minimum Gasteiger partial charge on any atom is -0.276 e. The number of hydrogen-bond donors (Lipinski definition) is 0. The highest BCUT2D eigenvalue weighted by Gasteiger charge is 2.23. The summed E-state index contributed by atoms with van der Waals surface area (Å²) in [5.74, 6) is 0.720. The van der Waals surface area contributed by atoms with Crippen molar-refractivity contribution in [1.29, 1.82) is 0 Å². The molecule has 1 aromatic heterocycles. The fourth-order valence-electron chi connectivity index (χ4n) is 1.68. The molecule has 0 amide bonds. The number of hydrogen-bond acceptors (Lipinski definition) is 1. The van der Waals surface area contributed by atoms with Gasteiger partial charge in [-0.15, -0.1) is 0 Å². The van der Waals surface area contributed by atoms with Gasteiger partial charge in [0.05, 0.1) is 6.20 Å². The molecule has 0 aliphatic rings. The zero-order valence-electron chi connectivity index (χ0n) is 10.1. The van der Waals surface area contributed by atoms with Crippen molar-refractivity contribution in [3.05, 3.63) is 18.0 Å². The summed E-state index contributed by atoms with van der Waals surface area (Å²) < 4.78 is 1.87. The summed E-state index contributed by atoms with van der Waals surface area (Å²) in [6.45, 7) is 6.92. The highest BCUT2D eigenvalue weighted by molar-refractivity contribution is 9.09. The fraction of sp³-hybridized carbons (Fsp3) is 0.750. The molecule has 0 aromatic carbocycles. The van der Waals surface area contributed by atoms with Crippen LogP contribution in [0.15, 0.2) is 12.4 Å². The molecule has 0 aliphatic heterocycles. The molecule has 1 aromatic rings. The second kappa shape index (κ2) is 5.15. The van der Waals surface area contributed by atoms with E-state index < -0.39 is 0 Å². The Labute approximate surface area is 101 Å². The van der Waals surface area contributed by atoms with E-state index in [1.807, 2.05) is 17.9 Å². The minimum absolute atomic E-state index is 0.381. The van der Waals surface area contributed by atoms with Gasteiger partial charge in [-0.2, -0.15) is 5.10 Å². The number of nitrogens with zero attached hydrogens (tertiary/aromatic N) is 2. The van der Waals surface area contributed by atoms with E-state index in [4.69, 9.17) is 0 Å². The van der Waals surface area contributed by atoms with Gasteiger partial charge in [0, 0.05) is 18.6 Å². The van der Waals surface area contributed by atoms with Gasteiger partial charge in [0.1, 0.15) is 0 Å². The van der Waals surface area contributed by atoms with Crippen LogP contribution in [0.3, 0.4) is 0 Å². The summed E-state index contributed by atoms with van der Waals surface area (Å²) in [6, 6.07) is 0. The SMILES string of the molecule is Cn1cc(CCC(CBr)C(C)(C)C)cn1. The second-order valence-corrected chi connectivity index (χ2v) is 5.93. The first-order valence-electron chi connectivity index (χ1n) is 5.47. The molecule has 86 valence electrons. The zero-order chi connectivity index (χ0) is 11.5. The van der Waals surface area contributed by atoms with E-state index in [1.54, 1.807) is 0 Å². The standard InChI is InChI=1S/C12H21BrN2/c1-12(2,3)11(7-13)6-5-10-8-14-15(4)9-10/h8-9,11H,5-7H2,1-4H3. The van der Waals surface area contributed by atoms with Crippen LogP contribution in [0, 0.1) is 11.3 Å². The maximum Gasteiger partial charge on any atom is 0.0521 e. The summed E-state index contributed by atoms with van der Waals surface area (Å²) in [4.78, 5) is 0. The van der Waals surface area contributed by atoms with Gasteiger partial charge in [0.15, 0.2) is 0 Å². The van der Waals surface area contributed by atoms with Crippen LogP contribution in [0.1, 0.15) is 32.8 Å². The Morgan fingerprint density at radius 1 is 1.47 bits per heavy atom. The van der Waals surface area contributed by atoms with E-state index in [9.17, 15) is 0 Å². The molecule has 1 unspecified atom stereocenters. The summed E-state index contributed by atoms with van der Waals surface area (Å²) in [5.41, 5.74) is 1.72. The van der Waals surface area contributed by atoms with Crippen LogP contribution < -0.4 is 0 Å². The molecular formula is C12H21BrN2. The van der Waals surface area contributed by atoms with E-state index >= 15 is 0 Å². The molecule has 0 saturated heterocycles. The van der Waals surface area contributed by atoms with Gasteiger partial charge in [-0.25, -0.2) is 0 Å². The lowest BCUT2D eigenvalue weighted by molar-refractivity contribution is 0.254. The van der Waals surface area contributed by atoms with Gasteiger partial charge in [0.25, 0.3) is 0 Å². The van der Waals surface area contributed by atoms with Crippen molar-refractivity contribution in [2.45, 2.75) is 33.6 Å². The molecule has 0 fully saturated rings. The maximum absolute atomic E-state index is 4.19. The first-order chi connectivity index (χ1) is 6.93. The molecule has 0 radical (unpaired) electrons. The molecule has 1 rings (SSSR count). The highest BCUT2D eigenvalue weighted by Crippen LogP contribution is 2.31. The molecule has 1 heterocycles. The first-order valence-corrected chi connectivity index (χ1v) is 6.59. The van der Waals surface area contributed by atoms with Crippen LogP contribution in [0.4, 0.5) is 0 Å². The van der Waals surface area contributed by atoms with Crippen LogP contribution in [-0.4, -0.2) is 15.1 Å². The Hall–Kier alpha value is -0.310. The van der Waals surface area contributed by atoms with Gasteiger partial charge in [-0.05, 0) is 29.7 Å². The van der Waals surface area contributed by atoms with Crippen molar-refractivity contribution in [2.24, 2.45) is 18.4 Å². The van der Waals surface area contributed by atoms with Crippen molar-refractivity contribution in [2.75, 3.05) is 5.33 Å². The van der Waals surface area contributed by atoms with Gasteiger partial charge in [-0.1, -0.05) is 36.7 Å². The second-order valence-electron chi connectivity index (χ2n) is 5.28. The zero-order valence-corrected chi connectivity index (χ0v) is 11.7. The molecular weight excluding hydrogens is 252 g/mol. The molecule has 0 spiro atoms. The van der Waals surface area contributed by atoms with Crippen molar-refractivity contribution in [1.82, 2.24) is 9.78 Å². The number of aromatic nitrogens is 2. The lowest BCUT2D eigenvalue weighted by Gasteiger charge is -2.29. The summed E-state index contributed by atoms with van der Waals surface area (Å²) in [7, 11) is 1.97. The van der Waals surface area contributed by atoms with Crippen molar-refractivity contribution in [3.63, 3.8) is 0 Å². The Morgan fingerprint density at radius 3 is 2.53 bits per heavy atom. The third-order valence-corrected chi connectivity index (χ3v) is 3.73. The van der Waals surface area contributed by atoms with E-state index in [2.05, 4.69) is 48.0 Å². The van der Waals surface area contributed by atoms with E-state index in [0.29, 0.717) is 5.41 Å². The van der Waals surface area contributed by atoms with Crippen LogP contribution in [0.2, 0.25) is 0 Å². The molecule has 0 saturated carbocycles. The van der Waals surface area contributed by atoms with Crippen molar-refractivity contribution < 1.29 is 0 Å². The van der Waals surface area contributed by atoms with E-state index in [1.165, 1.54) is 12.0 Å². The van der Waals surface area contributed by atoms with Gasteiger partial charge in [0.2, 0.25) is 0 Å². The summed E-state index contributed by atoms with van der Waals surface area (Å²) in [5, 5.41) is 5.27. The predicted molar refractivity (Wildman–Crippen MR) is 68.3 cm³/mol. The molecule has 2 nitrogen and oxygen atoms in total. The van der Waals surface area contributed by atoms with Crippen LogP contribution in [-0.2, 0) is 13.5 Å². The average molecular weight is 273 g/mol. The lowest BCUT2D eigenvalue weighted by atomic mass is 9.79. The maximum atomic E-state index is 4.19. The molecule has 0 N–H and O–H groups in total. The Morgan fingerprint density at radius 2 is 2.13 bits per heavy atom. The number of alkyl halides is 1. The largest absolute Gasteiger partial charge is 0.276 e. The molecule has 3 heteroatoms. The summed E-state index contributed by atoms with van der Waals surface area (Å²) >= 11 is 3.61. The molecule has 15 heavy (non-hydrogen) atoms. The Balaban J connectivity index is 2.48. The van der Waals surface area contributed by atoms with E-state index in [0.717, 1.165) is 17.7 Å². The lowest BCUT2D eigenvalue weighted by Crippen LogP contribution is -2.22. The topological polar surface area (TPSA) is 17.8 Å². The number of aryl methyl sites for hydroxylation is 2. The highest BCUT2D eigenvalue weighted by atomic mass is 79.9. The molecule has 0 bridgehead atoms. The predicted octanol–water partition coefficient (Wildman–Crippen LogP) is 3.41. The third kappa shape index (κ3) is 3.98. The van der Waals surface area contributed by atoms with Gasteiger partial charge < -0.3 is 0 Å². The molecule has 0 aliphatic carbocycles. The Bertz CT molecular complexity index is 299. The van der Waals surface area contributed by atoms with Crippen LogP contribution in [0.25, 0.3) is 0 Å². The fourth-order valence-corrected chi connectivity index (χ4v) is 2.98. The normalized spacial score (nSPS) is 14.2. The summed E-state index contributed by atoms with van der Waals surface area (Å²) in [6.07, 6.45) is 6.42. The smallest absolute Gasteiger partial charge is 0.0521 e. The van der Waals surface area contributed by atoms with Crippen LogP contribution in [0.5, 0.6) is 0 Å². The number of rotatable bonds is 4. The number of halogens is 1. The van der Waals surface area contributed by atoms with Crippen molar-refractivity contribution >= 4 is 15.9 Å². The van der Waals surface area contributed by atoms with Crippen molar-refractivity contribution in [3.8, 4) is 0 Å². The van der Waals surface area contributed by atoms with Gasteiger partial charge >= 0.3 is 0 Å². The van der Waals surface area contributed by atoms with E-state index in [-0.39, 0.29) is 0 Å². The Kier molecular flexibility index (Phi) is 4.38. The molecule has 1 atom stereocenters. The first kappa shape index (κ1) is 12.8. The van der Waals surface area contributed by atoms with Crippen LogP contribution >= 0.6 is 15.9 Å².